The van der Waals surface area contributed by atoms with Gasteiger partial charge in [0.15, 0.2) is 0 Å². The number of carbonyl (C=O) groups is 2. The van der Waals surface area contributed by atoms with Gasteiger partial charge in [0.1, 0.15) is 5.60 Å². The molecule has 0 aromatic heterocycles. The molecule has 2 aliphatic heterocycles. The van der Waals surface area contributed by atoms with Crippen LogP contribution in [0.2, 0.25) is 0 Å². The van der Waals surface area contributed by atoms with Crippen molar-refractivity contribution in [2.24, 2.45) is 0 Å². The number of piperidine rings is 1. The highest BCUT2D eigenvalue weighted by Crippen LogP contribution is 2.36. The van der Waals surface area contributed by atoms with E-state index in [0.717, 1.165) is 12.8 Å². The maximum atomic E-state index is 12.3. The molecule has 1 N–H and O–H groups in total. The molecule has 2 rings (SSSR count). The van der Waals surface area contributed by atoms with Crippen LogP contribution in [0, 0.1) is 0 Å². The van der Waals surface area contributed by atoms with E-state index in [4.69, 9.17) is 4.74 Å². The fourth-order valence-corrected chi connectivity index (χ4v) is 3.29. The first kappa shape index (κ1) is 15.3. The average molecular weight is 283 g/mol. The van der Waals surface area contributed by atoms with Crippen molar-refractivity contribution in [2.45, 2.75) is 83.1 Å². The third-order valence-corrected chi connectivity index (χ3v) is 3.96. The van der Waals surface area contributed by atoms with Crippen LogP contribution < -0.4 is 0 Å². The summed E-state index contributed by atoms with van der Waals surface area (Å²) < 4.78 is 5.21. The number of carbonyl (C=O) groups excluding carboxylic acids is 2. The molecule has 2 bridgehead atoms. The third-order valence-electron chi connectivity index (χ3n) is 3.96. The molecule has 0 spiro atoms. The van der Waals surface area contributed by atoms with Crippen molar-refractivity contribution in [1.29, 1.82) is 0 Å². The second-order valence-electron chi connectivity index (χ2n) is 6.90. The Kier molecular flexibility index (Phi) is 4.37. The molecule has 20 heavy (non-hydrogen) atoms. The summed E-state index contributed by atoms with van der Waals surface area (Å²) in [6.07, 6.45) is 3.36. The minimum absolute atomic E-state index is 0.0234. The molecule has 1 amide bonds. The number of ether oxygens (including phenoxy) is 1. The summed E-state index contributed by atoms with van der Waals surface area (Å²) in [5, 5.41) is 9.72. The first-order chi connectivity index (χ1) is 9.26. The van der Waals surface area contributed by atoms with Crippen LogP contribution in [0.15, 0.2) is 0 Å². The molecule has 2 unspecified atom stereocenters. The molecule has 0 radical (unpaired) electrons. The minimum Gasteiger partial charge on any atom is -0.460 e. The lowest BCUT2D eigenvalue weighted by Gasteiger charge is -2.37. The number of rotatable bonds is 3. The lowest BCUT2D eigenvalue weighted by molar-refractivity contribution is -0.157. The van der Waals surface area contributed by atoms with E-state index in [1.165, 1.54) is 0 Å². The van der Waals surface area contributed by atoms with E-state index in [2.05, 4.69) is 0 Å². The molecule has 114 valence electrons. The van der Waals surface area contributed by atoms with Gasteiger partial charge in [-0.1, -0.05) is 0 Å². The maximum Gasteiger partial charge on any atom is 0.306 e. The van der Waals surface area contributed by atoms with Crippen LogP contribution in [0.25, 0.3) is 0 Å². The largest absolute Gasteiger partial charge is 0.460 e. The molecule has 5 nitrogen and oxygen atoms in total. The minimum atomic E-state index is -0.506. The normalized spacial score (nSPS) is 29.4. The van der Waals surface area contributed by atoms with Gasteiger partial charge < -0.3 is 14.7 Å². The second-order valence-corrected chi connectivity index (χ2v) is 6.90. The SMILES string of the molecule is CC(C)(C)OC(=O)CCC(=O)N1C2CCC1CC(O)C2. The van der Waals surface area contributed by atoms with Crippen LogP contribution >= 0.6 is 0 Å². The molecule has 0 saturated carbocycles. The van der Waals surface area contributed by atoms with Gasteiger partial charge >= 0.3 is 5.97 Å². The number of esters is 1. The monoisotopic (exact) mass is 283 g/mol. The molecule has 2 fully saturated rings. The Labute approximate surface area is 120 Å². The predicted octanol–water partition coefficient (Wildman–Crippen LogP) is 1.62. The Morgan fingerprint density at radius 3 is 2.20 bits per heavy atom. The molecule has 5 heteroatoms. The Morgan fingerprint density at radius 1 is 1.15 bits per heavy atom. The van der Waals surface area contributed by atoms with Gasteiger partial charge in [0, 0.05) is 18.5 Å². The Morgan fingerprint density at radius 2 is 1.70 bits per heavy atom. The van der Waals surface area contributed by atoms with Crippen molar-refractivity contribution in [3.05, 3.63) is 0 Å². The highest BCUT2D eigenvalue weighted by molar-refractivity contribution is 5.82. The molecule has 2 atom stereocenters. The van der Waals surface area contributed by atoms with Crippen LogP contribution in [0.1, 0.15) is 59.3 Å². The summed E-state index contributed by atoms with van der Waals surface area (Å²) in [7, 11) is 0. The molecule has 0 aliphatic carbocycles. The summed E-state index contributed by atoms with van der Waals surface area (Å²) >= 11 is 0. The Balaban J connectivity index is 1.83. The second kappa shape index (κ2) is 5.72. The van der Waals surface area contributed by atoms with Crippen molar-refractivity contribution in [1.82, 2.24) is 4.90 Å². The predicted molar refractivity (Wildman–Crippen MR) is 74.0 cm³/mol. The highest BCUT2D eigenvalue weighted by atomic mass is 16.6. The fourth-order valence-electron chi connectivity index (χ4n) is 3.29. The number of aliphatic hydroxyl groups is 1. The molecular formula is C15H25NO4. The van der Waals surface area contributed by atoms with Crippen LogP contribution in [0.5, 0.6) is 0 Å². The van der Waals surface area contributed by atoms with Crippen LogP contribution in [-0.2, 0) is 14.3 Å². The molecule has 0 aromatic rings. The maximum absolute atomic E-state index is 12.3. The van der Waals surface area contributed by atoms with Crippen molar-refractivity contribution in [2.75, 3.05) is 0 Å². The summed E-state index contributed by atoms with van der Waals surface area (Å²) in [5.74, 6) is -0.300. The molecular weight excluding hydrogens is 258 g/mol. The van der Waals surface area contributed by atoms with Gasteiger partial charge in [0.25, 0.3) is 0 Å². The summed E-state index contributed by atoms with van der Waals surface area (Å²) in [4.78, 5) is 25.8. The first-order valence-electron chi connectivity index (χ1n) is 7.47. The quantitative estimate of drug-likeness (QED) is 0.799. The number of hydrogen-bond donors (Lipinski definition) is 1. The number of aliphatic hydroxyl groups excluding tert-OH is 1. The van der Waals surface area contributed by atoms with E-state index >= 15 is 0 Å². The van der Waals surface area contributed by atoms with Gasteiger partial charge in [-0.3, -0.25) is 9.59 Å². The fraction of sp³-hybridized carbons (Fsp3) is 0.867. The van der Waals surface area contributed by atoms with Gasteiger partial charge in [0.05, 0.1) is 12.5 Å². The summed E-state index contributed by atoms with van der Waals surface area (Å²) in [5.41, 5.74) is -0.506. The van der Waals surface area contributed by atoms with Crippen LogP contribution in [0.4, 0.5) is 0 Å². The van der Waals surface area contributed by atoms with Crippen molar-refractivity contribution in [3.8, 4) is 0 Å². The van der Waals surface area contributed by atoms with Crippen molar-refractivity contribution in [3.63, 3.8) is 0 Å². The summed E-state index contributed by atoms with van der Waals surface area (Å²) in [6, 6.07) is 0.324. The lowest BCUT2D eigenvalue weighted by Crippen LogP contribution is -2.48. The number of amides is 1. The van der Waals surface area contributed by atoms with Crippen molar-refractivity contribution < 1.29 is 19.4 Å². The van der Waals surface area contributed by atoms with Crippen LogP contribution in [-0.4, -0.2) is 45.7 Å². The van der Waals surface area contributed by atoms with Gasteiger partial charge in [-0.15, -0.1) is 0 Å². The average Bonchev–Trinajstić information content (AvgIpc) is 2.56. The van der Waals surface area contributed by atoms with Crippen molar-refractivity contribution >= 4 is 11.9 Å². The van der Waals surface area contributed by atoms with E-state index < -0.39 is 5.60 Å². The van der Waals surface area contributed by atoms with E-state index in [1.807, 2.05) is 25.7 Å². The van der Waals surface area contributed by atoms with Gasteiger partial charge in [-0.05, 0) is 46.5 Å². The van der Waals surface area contributed by atoms with E-state index in [0.29, 0.717) is 12.8 Å². The lowest BCUT2D eigenvalue weighted by atomic mass is 9.99. The highest BCUT2D eigenvalue weighted by Gasteiger charge is 2.42. The van der Waals surface area contributed by atoms with Gasteiger partial charge in [0.2, 0.25) is 5.91 Å². The smallest absolute Gasteiger partial charge is 0.306 e. The van der Waals surface area contributed by atoms with E-state index in [1.54, 1.807) is 0 Å². The number of nitrogens with zero attached hydrogens (tertiary/aromatic N) is 1. The Bertz CT molecular complexity index is 374. The zero-order chi connectivity index (χ0) is 14.9. The van der Waals surface area contributed by atoms with Crippen LogP contribution in [0.3, 0.4) is 0 Å². The van der Waals surface area contributed by atoms with E-state index in [9.17, 15) is 14.7 Å². The molecule has 2 heterocycles. The number of hydrogen-bond acceptors (Lipinski definition) is 4. The standard InChI is InChI=1S/C15H25NO4/c1-15(2,3)20-14(19)7-6-13(18)16-10-4-5-11(16)9-12(17)8-10/h10-12,17H,4-9H2,1-3H3. The topological polar surface area (TPSA) is 66.8 Å². The van der Waals surface area contributed by atoms with Gasteiger partial charge in [-0.25, -0.2) is 0 Å². The zero-order valence-electron chi connectivity index (χ0n) is 12.6. The molecule has 0 aromatic carbocycles. The van der Waals surface area contributed by atoms with E-state index in [-0.39, 0.29) is 42.9 Å². The Hall–Kier alpha value is -1.10. The summed E-state index contributed by atoms with van der Waals surface area (Å²) in [6.45, 7) is 5.46. The third kappa shape index (κ3) is 3.72. The molecule has 2 saturated heterocycles. The molecule has 2 aliphatic rings. The number of fused-ring (bicyclic) bond motifs is 2. The van der Waals surface area contributed by atoms with Gasteiger partial charge in [-0.2, -0.15) is 0 Å². The zero-order valence-corrected chi connectivity index (χ0v) is 12.6. The first-order valence-corrected chi connectivity index (χ1v) is 7.47.